The van der Waals surface area contributed by atoms with Crippen molar-refractivity contribution >= 4 is 27.3 Å². The van der Waals surface area contributed by atoms with Gasteiger partial charge in [0.05, 0.1) is 6.33 Å². The van der Waals surface area contributed by atoms with Crippen LogP contribution < -0.4 is 4.72 Å². The maximum atomic E-state index is 13.4. The van der Waals surface area contributed by atoms with Crippen molar-refractivity contribution < 1.29 is 8.42 Å². The van der Waals surface area contributed by atoms with Crippen molar-refractivity contribution in [1.29, 1.82) is 5.26 Å². The number of nitrogens with zero attached hydrogens (tertiary/aromatic N) is 5. The number of anilines is 1. The maximum absolute atomic E-state index is 13.4. The molecule has 0 atom stereocenters. The molecule has 0 aliphatic heterocycles. The molecule has 0 amide bonds. The zero-order chi connectivity index (χ0) is 23.4. The van der Waals surface area contributed by atoms with Crippen LogP contribution in [0.1, 0.15) is 30.0 Å². The van der Waals surface area contributed by atoms with Gasteiger partial charge in [0.15, 0.2) is 0 Å². The Kier molecular flexibility index (Phi) is 6.53. The first kappa shape index (κ1) is 22.6. The number of rotatable bonds is 8. The lowest BCUT2D eigenvalue weighted by molar-refractivity contribution is 0.603. The van der Waals surface area contributed by atoms with Gasteiger partial charge >= 0.3 is 0 Å². The number of sulfonamides is 1. The van der Waals surface area contributed by atoms with Crippen LogP contribution in [0.5, 0.6) is 0 Å². The van der Waals surface area contributed by atoms with Gasteiger partial charge in [-0.3, -0.25) is 0 Å². The molecular formula is C23H22N6O2S2. The molecule has 0 saturated heterocycles. The highest BCUT2D eigenvalue weighted by atomic mass is 32.2. The lowest BCUT2D eigenvalue weighted by Crippen LogP contribution is -2.15. The molecule has 1 aromatic carbocycles. The summed E-state index contributed by atoms with van der Waals surface area (Å²) in [5.41, 5.74) is 2.56. The minimum absolute atomic E-state index is 0.0850. The molecule has 33 heavy (non-hydrogen) atoms. The summed E-state index contributed by atoms with van der Waals surface area (Å²) in [6, 6.07) is 13.1. The number of thiophene rings is 1. The summed E-state index contributed by atoms with van der Waals surface area (Å²) in [4.78, 5) is 13.0. The summed E-state index contributed by atoms with van der Waals surface area (Å²) < 4.78 is 31.3. The molecule has 4 rings (SSSR count). The van der Waals surface area contributed by atoms with E-state index in [-0.39, 0.29) is 15.9 Å². The van der Waals surface area contributed by atoms with E-state index in [1.165, 1.54) is 23.6 Å². The van der Waals surface area contributed by atoms with Crippen molar-refractivity contribution in [1.82, 2.24) is 19.5 Å². The number of nitriles is 1. The van der Waals surface area contributed by atoms with Crippen LogP contribution in [0.25, 0.3) is 11.1 Å². The van der Waals surface area contributed by atoms with Crippen LogP contribution in [0.2, 0.25) is 0 Å². The highest BCUT2D eigenvalue weighted by Gasteiger charge is 2.25. The third-order valence-corrected chi connectivity index (χ3v) is 7.78. The van der Waals surface area contributed by atoms with E-state index < -0.39 is 10.0 Å². The fourth-order valence-electron chi connectivity index (χ4n) is 3.39. The Balaban J connectivity index is 1.74. The van der Waals surface area contributed by atoms with Crippen molar-refractivity contribution in [2.75, 3.05) is 4.72 Å². The van der Waals surface area contributed by atoms with Crippen LogP contribution in [0, 0.1) is 17.2 Å². The van der Waals surface area contributed by atoms with Gasteiger partial charge in [-0.05, 0) is 41.7 Å². The molecule has 0 saturated carbocycles. The van der Waals surface area contributed by atoms with Crippen LogP contribution in [-0.2, 0) is 23.0 Å². The average molecular weight is 479 g/mol. The molecule has 0 aliphatic rings. The van der Waals surface area contributed by atoms with Crippen molar-refractivity contribution in [3.05, 3.63) is 77.5 Å². The minimum atomic E-state index is -3.98. The number of aromatic nitrogens is 4. The molecule has 0 unspecified atom stereocenters. The van der Waals surface area contributed by atoms with Gasteiger partial charge in [0.1, 0.15) is 16.0 Å². The number of imidazole rings is 1. The number of hydrogen-bond acceptors (Lipinski definition) is 7. The van der Waals surface area contributed by atoms with Gasteiger partial charge in [0.2, 0.25) is 5.95 Å². The molecule has 168 valence electrons. The lowest BCUT2D eigenvalue weighted by atomic mass is 10.0. The van der Waals surface area contributed by atoms with Gasteiger partial charge in [-0.25, -0.2) is 28.1 Å². The summed E-state index contributed by atoms with van der Waals surface area (Å²) in [6.07, 6.45) is 7.46. The molecule has 0 aliphatic carbocycles. The fourth-order valence-corrected chi connectivity index (χ4v) is 6.29. The summed E-state index contributed by atoms with van der Waals surface area (Å²) >= 11 is 1.24. The zero-order valence-corrected chi connectivity index (χ0v) is 19.8. The third kappa shape index (κ3) is 5.45. The summed E-state index contributed by atoms with van der Waals surface area (Å²) in [7, 11) is -3.98. The standard InChI is InChI=1S/C23H22N6O2S2/c1-16(2)10-20-12-21(18-5-3-4-17(11-18)14-29-9-8-25-15-29)22(32-20)33(30,31)28-23-26-7-6-19(13-24)27-23/h3-9,11-12,15-16H,10,14H2,1-2H3,(H,26,27,28). The largest absolute Gasteiger partial charge is 0.333 e. The highest BCUT2D eigenvalue weighted by Crippen LogP contribution is 2.37. The number of hydrogen-bond donors (Lipinski definition) is 1. The molecule has 3 heterocycles. The molecule has 0 fully saturated rings. The topological polar surface area (TPSA) is 114 Å². The first-order valence-corrected chi connectivity index (χ1v) is 12.6. The Bertz CT molecular complexity index is 1400. The Hall–Kier alpha value is -3.55. The predicted octanol–water partition coefficient (Wildman–Crippen LogP) is 4.32. The second kappa shape index (κ2) is 9.52. The van der Waals surface area contributed by atoms with Gasteiger partial charge in [-0.2, -0.15) is 5.26 Å². The van der Waals surface area contributed by atoms with Crippen LogP contribution in [-0.4, -0.2) is 27.9 Å². The quantitative estimate of drug-likeness (QED) is 0.403. The second-order valence-corrected chi connectivity index (χ2v) is 10.9. The first-order valence-electron chi connectivity index (χ1n) is 10.3. The normalized spacial score (nSPS) is 11.5. The average Bonchev–Trinajstić information content (AvgIpc) is 3.44. The van der Waals surface area contributed by atoms with E-state index in [0.717, 1.165) is 22.4 Å². The fraction of sp³-hybridized carbons (Fsp3) is 0.217. The van der Waals surface area contributed by atoms with E-state index in [2.05, 4.69) is 33.5 Å². The van der Waals surface area contributed by atoms with E-state index in [1.54, 1.807) is 12.5 Å². The molecule has 10 heteroatoms. The Morgan fingerprint density at radius 2 is 2.06 bits per heavy atom. The van der Waals surface area contributed by atoms with Gasteiger partial charge < -0.3 is 4.57 Å². The molecule has 8 nitrogen and oxygen atoms in total. The summed E-state index contributed by atoms with van der Waals surface area (Å²) in [5, 5.41) is 9.05. The SMILES string of the molecule is CC(C)Cc1cc(-c2cccc(Cn3ccnc3)c2)c(S(=O)(=O)Nc2nccc(C#N)n2)s1. The monoisotopic (exact) mass is 478 g/mol. The molecule has 0 bridgehead atoms. The van der Waals surface area contributed by atoms with E-state index in [0.29, 0.717) is 18.0 Å². The van der Waals surface area contributed by atoms with Crippen molar-refractivity contribution in [2.24, 2.45) is 5.92 Å². The highest BCUT2D eigenvalue weighted by molar-refractivity contribution is 7.94. The summed E-state index contributed by atoms with van der Waals surface area (Å²) in [5.74, 6) is 0.246. The van der Waals surface area contributed by atoms with Gasteiger partial charge in [0, 0.05) is 35.6 Å². The molecular weight excluding hydrogens is 456 g/mol. The van der Waals surface area contributed by atoms with Gasteiger partial charge in [0.25, 0.3) is 10.0 Å². The van der Waals surface area contributed by atoms with E-state index in [1.807, 2.05) is 47.2 Å². The molecule has 4 aromatic rings. The van der Waals surface area contributed by atoms with Crippen LogP contribution in [0.15, 0.2) is 65.5 Å². The van der Waals surface area contributed by atoms with Crippen LogP contribution in [0.4, 0.5) is 5.95 Å². The molecule has 0 radical (unpaired) electrons. The van der Waals surface area contributed by atoms with E-state index in [4.69, 9.17) is 5.26 Å². The second-order valence-electron chi connectivity index (χ2n) is 7.93. The predicted molar refractivity (Wildman–Crippen MR) is 127 cm³/mol. The Labute approximate surface area is 196 Å². The summed E-state index contributed by atoms with van der Waals surface area (Å²) in [6.45, 7) is 4.82. The van der Waals surface area contributed by atoms with Crippen LogP contribution in [0.3, 0.4) is 0 Å². The van der Waals surface area contributed by atoms with Crippen molar-refractivity contribution in [3.8, 4) is 17.2 Å². The Morgan fingerprint density at radius 1 is 1.21 bits per heavy atom. The third-order valence-electron chi connectivity index (χ3n) is 4.76. The number of benzene rings is 1. The van der Waals surface area contributed by atoms with Crippen molar-refractivity contribution in [2.45, 2.75) is 31.0 Å². The maximum Gasteiger partial charge on any atom is 0.274 e. The van der Waals surface area contributed by atoms with Crippen LogP contribution >= 0.6 is 11.3 Å². The van der Waals surface area contributed by atoms with Gasteiger partial charge in [-0.15, -0.1) is 11.3 Å². The smallest absolute Gasteiger partial charge is 0.274 e. The first-order chi connectivity index (χ1) is 15.8. The molecule has 3 aromatic heterocycles. The van der Waals surface area contributed by atoms with E-state index in [9.17, 15) is 8.42 Å². The molecule has 1 N–H and O–H groups in total. The number of nitrogens with one attached hydrogen (secondary N) is 1. The van der Waals surface area contributed by atoms with E-state index >= 15 is 0 Å². The minimum Gasteiger partial charge on any atom is -0.333 e. The van der Waals surface area contributed by atoms with Crippen molar-refractivity contribution in [3.63, 3.8) is 0 Å². The zero-order valence-electron chi connectivity index (χ0n) is 18.1. The molecule has 0 spiro atoms. The van der Waals surface area contributed by atoms with Gasteiger partial charge in [-0.1, -0.05) is 32.0 Å². The Morgan fingerprint density at radius 3 is 2.79 bits per heavy atom. The lowest BCUT2D eigenvalue weighted by Gasteiger charge is -2.09.